The van der Waals surface area contributed by atoms with Crippen LogP contribution >= 0.6 is 0 Å². The second-order valence-electron chi connectivity index (χ2n) is 19.1. The summed E-state index contributed by atoms with van der Waals surface area (Å²) >= 11 is 0. The summed E-state index contributed by atoms with van der Waals surface area (Å²) in [7, 11) is 4.63. The average Bonchev–Trinajstić information content (AvgIpc) is 3.22. The minimum Gasteiger partial charge on any atom is -0.481 e. The molecule has 4 fully saturated rings. The number of carbonyl (C=O) groups excluding carboxylic acids is 5. The molecule has 61 heavy (non-hydrogen) atoms. The Morgan fingerprint density at radius 1 is 0.639 bits per heavy atom. The molecule has 0 aromatic rings. The molecule has 0 saturated heterocycles. The number of carbonyl (C=O) groups is 6. The first kappa shape index (κ1) is 49.8. The standard InChI is InChI=1S/C46H70O15/c1-27-13-15-33-43(3,25-47)17-11-19-45(33,5)31(27)23-59-37(41(53)57-9)29(21-35(48)49)40(52)61-26-44(4)18-12-20-46(6)32(28(2)14-16-34(44)46)24-60-38(42(54)58-10)30(39(51)56-8)22-36(50)55-7/h29-34,37-38,47H,1-2,11-26H2,3-10H3,(H,48,49). The first-order chi connectivity index (χ1) is 28.7. The topological polar surface area (TPSA) is 207 Å². The number of fused-ring (bicyclic) bond motifs is 2. The minimum atomic E-state index is -1.56. The van der Waals surface area contributed by atoms with Gasteiger partial charge in [0.15, 0.2) is 12.2 Å². The lowest BCUT2D eigenvalue weighted by molar-refractivity contribution is -0.181. The molecule has 2 N–H and O–H groups in total. The summed E-state index contributed by atoms with van der Waals surface area (Å²) in [6, 6.07) is 0. The van der Waals surface area contributed by atoms with Gasteiger partial charge in [-0.2, -0.15) is 0 Å². The van der Waals surface area contributed by atoms with E-state index in [4.69, 9.17) is 33.2 Å². The van der Waals surface area contributed by atoms with Gasteiger partial charge in [-0.25, -0.2) is 9.59 Å². The number of carboxylic acid groups (broad SMARTS) is 1. The Labute approximate surface area is 360 Å². The van der Waals surface area contributed by atoms with E-state index in [0.717, 1.165) is 77.4 Å². The van der Waals surface area contributed by atoms with Crippen LogP contribution in [0.15, 0.2) is 24.3 Å². The summed E-state index contributed by atoms with van der Waals surface area (Å²) in [5.41, 5.74) is 0.204. The van der Waals surface area contributed by atoms with E-state index in [1.807, 2.05) is 6.92 Å². The number of aliphatic hydroxyl groups is 1. The van der Waals surface area contributed by atoms with Crippen LogP contribution in [0.3, 0.4) is 0 Å². The summed E-state index contributed by atoms with van der Waals surface area (Å²) in [5, 5.41) is 20.4. The largest absolute Gasteiger partial charge is 0.481 e. The zero-order valence-electron chi connectivity index (χ0n) is 37.5. The first-order valence-corrected chi connectivity index (χ1v) is 21.6. The van der Waals surface area contributed by atoms with Crippen molar-refractivity contribution in [2.75, 3.05) is 54.9 Å². The van der Waals surface area contributed by atoms with Crippen LogP contribution < -0.4 is 0 Å². The van der Waals surface area contributed by atoms with Crippen molar-refractivity contribution in [3.05, 3.63) is 24.3 Å². The van der Waals surface area contributed by atoms with Crippen molar-refractivity contribution in [2.24, 2.45) is 57.2 Å². The molecule has 4 aliphatic carbocycles. The fourth-order valence-electron chi connectivity index (χ4n) is 12.0. The molecule has 15 heteroatoms. The van der Waals surface area contributed by atoms with Gasteiger partial charge in [-0.05, 0) is 79.4 Å². The van der Waals surface area contributed by atoms with E-state index in [-0.39, 0.29) is 60.9 Å². The number of aliphatic carboxylic acids is 1. The van der Waals surface area contributed by atoms with Gasteiger partial charge < -0.3 is 43.4 Å². The predicted molar refractivity (Wildman–Crippen MR) is 220 cm³/mol. The third kappa shape index (κ3) is 10.5. The molecule has 0 aromatic carbocycles. The second kappa shape index (κ2) is 20.6. The van der Waals surface area contributed by atoms with E-state index >= 15 is 0 Å². The van der Waals surface area contributed by atoms with Crippen molar-refractivity contribution in [1.82, 2.24) is 0 Å². The van der Waals surface area contributed by atoms with Gasteiger partial charge in [0.05, 0.1) is 61.1 Å². The molecular formula is C46H70O15. The zero-order valence-corrected chi connectivity index (χ0v) is 37.5. The number of ether oxygens (including phenoxy) is 7. The van der Waals surface area contributed by atoms with Crippen LogP contribution in [0.25, 0.3) is 0 Å². The zero-order chi connectivity index (χ0) is 45.5. The lowest BCUT2D eigenvalue weighted by Gasteiger charge is -2.58. The van der Waals surface area contributed by atoms with Crippen molar-refractivity contribution >= 4 is 35.8 Å². The highest BCUT2D eigenvalue weighted by Gasteiger charge is 2.57. The SMILES string of the molecule is C=C1CCC2C(C)(CO)CCCC2(C)C1COC(C(=O)OC)C(CC(=O)O)C(=O)OCC1(C)CCCC2(C)C(COC(C(=O)OC)C(CC(=O)OC)C(=O)OC)C(=C)CCC12. The molecular weight excluding hydrogens is 792 g/mol. The Balaban J connectivity index is 1.55. The van der Waals surface area contributed by atoms with Crippen LogP contribution in [-0.4, -0.2) is 113 Å². The maximum atomic E-state index is 14.2. The van der Waals surface area contributed by atoms with Crippen molar-refractivity contribution in [2.45, 2.75) is 117 Å². The van der Waals surface area contributed by atoms with Gasteiger partial charge in [0, 0.05) is 23.9 Å². The molecule has 0 amide bonds. The first-order valence-electron chi connectivity index (χ1n) is 21.6. The Bertz CT molecular complexity index is 1660. The van der Waals surface area contributed by atoms with Crippen LogP contribution in [0.1, 0.15) is 105 Å². The van der Waals surface area contributed by atoms with E-state index < -0.39 is 83.5 Å². The van der Waals surface area contributed by atoms with Gasteiger partial charge in [0.1, 0.15) is 11.8 Å². The molecule has 4 saturated carbocycles. The summed E-state index contributed by atoms with van der Waals surface area (Å²) in [6.45, 7) is 17.1. The van der Waals surface area contributed by atoms with E-state index in [2.05, 4.69) is 33.9 Å². The number of esters is 5. The van der Waals surface area contributed by atoms with Gasteiger partial charge in [-0.15, -0.1) is 0 Å². The fraction of sp³-hybridized carbons (Fsp3) is 0.783. The molecule has 0 bridgehead atoms. The average molecular weight is 863 g/mol. The maximum absolute atomic E-state index is 14.2. The van der Waals surface area contributed by atoms with Crippen LogP contribution in [0.2, 0.25) is 0 Å². The van der Waals surface area contributed by atoms with Crippen LogP contribution in [0, 0.1) is 57.2 Å². The molecule has 4 aliphatic rings. The normalized spacial score (nSPS) is 33.1. The molecule has 0 aliphatic heterocycles. The number of aliphatic hydroxyl groups excluding tert-OH is 1. The number of methoxy groups -OCH3 is 4. The van der Waals surface area contributed by atoms with Crippen molar-refractivity contribution in [3.8, 4) is 0 Å². The van der Waals surface area contributed by atoms with Gasteiger partial charge >= 0.3 is 35.8 Å². The monoisotopic (exact) mass is 862 g/mol. The molecule has 15 nitrogen and oxygen atoms in total. The van der Waals surface area contributed by atoms with Crippen molar-refractivity contribution in [1.29, 1.82) is 0 Å². The number of hydrogen-bond acceptors (Lipinski definition) is 14. The van der Waals surface area contributed by atoms with E-state index in [0.29, 0.717) is 19.3 Å². The highest BCUT2D eigenvalue weighted by Crippen LogP contribution is 2.62. The Morgan fingerprint density at radius 2 is 1.08 bits per heavy atom. The van der Waals surface area contributed by atoms with Crippen LogP contribution in [0.4, 0.5) is 0 Å². The highest BCUT2D eigenvalue weighted by molar-refractivity contribution is 5.88. The minimum absolute atomic E-state index is 0.0158. The Morgan fingerprint density at radius 3 is 1.51 bits per heavy atom. The van der Waals surface area contributed by atoms with Crippen molar-refractivity contribution < 1.29 is 72.1 Å². The predicted octanol–water partition coefficient (Wildman–Crippen LogP) is 5.64. The highest BCUT2D eigenvalue weighted by atomic mass is 16.6. The smallest absolute Gasteiger partial charge is 0.335 e. The molecule has 12 atom stereocenters. The molecule has 12 unspecified atom stereocenters. The Kier molecular flexibility index (Phi) is 16.8. The van der Waals surface area contributed by atoms with Gasteiger partial charge in [0.25, 0.3) is 0 Å². The number of hydrogen-bond donors (Lipinski definition) is 2. The molecule has 0 spiro atoms. The van der Waals surface area contributed by atoms with Crippen molar-refractivity contribution in [3.63, 3.8) is 0 Å². The lowest BCUT2D eigenvalue weighted by atomic mass is 9.47. The summed E-state index contributed by atoms with van der Waals surface area (Å²) < 4.78 is 38.3. The summed E-state index contributed by atoms with van der Waals surface area (Å²) in [4.78, 5) is 77.9. The molecule has 0 radical (unpaired) electrons. The number of rotatable bonds is 19. The van der Waals surface area contributed by atoms with Gasteiger partial charge in [-0.3, -0.25) is 19.2 Å². The summed E-state index contributed by atoms with van der Waals surface area (Å²) in [6.07, 6.45) is 3.54. The van der Waals surface area contributed by atoms with Gasteiger partial charge in [-0.1, -0.05) is 64.8 Å². The third-order valence-corrected chi connectivity index (χ3v) is 15.5. The maximum Gasteiger partial charge on any atom is 0.335 e. The lowest BCUT2D eigenvalue weighted by Crippen LogP contribution is -2.54. The molecule has 344 valence electrons. The fourth-order valence-corrected chi connectivity index (χ4v) is 12.0. The number of carboxylic acids is 1. The van der Waals surface area contributed by atoms with Gasteiger partial charge in [0.2, 0.25) is 0 Å². The molecule has 0 aromatic heterocycles. The second-order valence-corrected chi connectivity index (χ2v) is 19.1. The quantitative estimate of drug-likeness (QED) is 0.0916. The van der Waals surface area contributed by atoms with Crippen LogP contribution in [-0.2, 0) is 61.9 Å². The van der Waals surface area contributed by atoms with E-state index in [1.54, 1.807) is 0 Å². The van der Waals surface area contributed by atoms with Crippen LogP contribution in [0.5, 0.6) is 0 Å². The summed E-state index contributed by atoms with van der Waals surface area (Å²) in [5.74, 6) is -8.72. The Hall–Kier alpha value is -3.82. The van der Waals surface area contributed by atoms with E-state index in [9.17, 15) is 39.0 Å². The molecule has 0 heterocycles. The third-order valence-electron chi connectivity index (χ3n) is 15.5. The molecule has 4 rings (SSSR count). The van der Waals surface area contributed by atoms with E-state index in [1.165, 1.54) is 7.11 Å².